The molecule has 0 aliphatic carbocycles. The first-order valence-corrected chi connectivity index (χ1v) is 7.24. The predicted octanol–water partition coefficient (Wildman–Crippen LogP) is 2.55. The highest BCUT2D eigenvalue weighted by Gasteiger charge is 2.37. The minimum absolute atomic E-state index is 0.0167. The van der Waals surface area contributed by atoms with Crippen LogP contribution in [-0.2, 0) is 13.6 Å². The maximum absolute atomic E-state index is 12.2. The maximum Gasteiger partial charge on any atom is 0.344 e. The molecule has 0 aromatic rings. The summed E-state index contributed by atoms with van der Waals surface area (Å²) in [6.07, 6.45) is 0.413. The molecule has 4 nitrogen and oxygen atoms in total. The summed E-state index contributed by atoms with van der Waals surface area (Å²) in [5.41, 5.74) is -0.0167. The molecule has 0 unspecified atom stereocenters. The van der Waals surface area contributed by atoms with Gasteiger partial charge in [-0.2, -0.15) is 0 Å². The lowest BCUT2D eigenvalue weighted by Gasteiger charge is -2.35. The third kappa shape index (κ3) is 3.87. The Morgan fingerprint density at radius 2 is 1.67 bits per heavy atom. The molecule has 0 amide bonds. The first-order chi connectivity index (χ1) is 6.91. The van der Waals surface area contributed by atoms with Gasteiger partial charge in [-0.15, -0.1) is 0 Å². The summed E-state index contributed by atoms with van der Waals surface area (Å²) in [7, 11) is -2.86. The molecule has 1 rings (SSSR count). The van der Waals surface area contributed by atoms with E-state index in [9.17, 15) is 4.57 Å². The zero-order valence-corrected chi connectivity index (χ0v) is 11.0. The highest BCUT2D eigenvalue weighted by Crippen LogP contribution is 2.53. The quantitative estimate of drug-likeness (QED) is 0.702. The van der Waals surface area contributed by atoms with Crippen molar-refractivity contribution < 1.29 is 13.6 Å². The zero-order chi connectivity index (χ0) is 11.5. The minimum Gasteiger partial charge on any atom is -0.307 e. The molecule has 1 aliphatic rings. The predicted molar refractivity (Wildman–Crippen MR) is 61.1 cm³/mol. The van der Waals surface area contributed by atoms with Gasteiger partial charge in [0.05, 0.1) is 13.2 Å². The standard InChI is InChI=1S/C10H22NO3P/c1-5-11(6-2)9-15(12)13-7-10(3,4)8-14-15/h5-9H2,1-4H3. The van der Waals surface area contributed by atoms with E-state index in [4.69, 9.17) is 9.05 Å². The molecule has 1 saturated heterocycles. The summed E-state index contributed by atoms with van der Waals surface area (Å²) in [6, 6.07) is 0. The van der Waals surface area contributed by atoms with E-state index in [0.29, 0.717) is 19.5 Å². The summed E-state index contributed by atoms with van der Waals surface area (Å²) in [4.78, 5) is 2.07. The van der Waals surface area contributed by atoms with Gasteiger partial charge in [-0.25, -0.2) is 0 Å². The van der Waals surface area contributed by atoms with Crippen molar-refractivity contribution in [3.63, 3.8) is 0 Å². The molecule has 0 radical (unpaired) electrons. The molecule has 0 spiro atoms. The van der Waals surface area contributed by atoms with Crippen molar-refractivity contribution in [2.45, 2.75) is 27.7 Å². The van der Waals surface area contributed by atoms with Crippen molar-refractivity contribution in [3.8, 4) is 0 Å². The Morgan fingerprint density at radius 1 is 1.20 bits per heavy atom. The molecule has 1 aliphatic heterocycles. The van der Waals surface area contributed by atoms with Crippen molar-refractivity contribution in [3.05, 3.63) is 0 Å². The smallest absolute Gasteiger partial charge is 0.307 e. The highest BCUT2D eigenvalue weighted by atomic mass is 31.2. The molecule has 0 aromatic carbocycles. The second-order valence-electron chi connectivity index (χ2n) is 4.77. The molecule has 0 saturated carbocycles. The van der Waals surface area contributed by atoms with Gasteiger partial charge >= 0.3 is 7.60 Å². The molecule has 1 heterocycles. The van der Waals surface area contributed by atoms with Crippen LogP contribution in [0.25, 0.3) is 0 Å². The molecule has 90 valence electrons. The van der Waals surface area contributed by atoms with Crippen LogP contribution in [0.3, 0.4) is 0 Å². The zero-order valence-electron chi connectivity index (χ0n) is 10.2. The monoisotopic (exact) mass is 235 g/mol. The van der Waals surface area contributed by atoms with Crippen molar-refractivity contribution in [2.75, 3.05) is 32.6 Å². The molecular formula is C10H22NO3P. The van der Waals surface area contributed by atoms with Crippen molar-refractivity contribution in [2.24, 2.45) is 5.41 Å². The summed E-state index contributed by atoms with van der Waals surface area (Å²) < 4.78 is 23.0. The van der Waals surface area contributed by atoms with Crippen molar-refractivity contribution >= 4 is 7.60 Å². The molecule has 0 atom stereocenters. The highest BCUT2D eigenvalue weighted by molar-refractivity contribution is 7.53. The molecule has 15 heavy (non-hydrogen) atoms. The second kappa shape index (κ2) is 4.96. The SMILES string of the molecule is CCN(CC)CP1(=O)OCC(C)(C)CO1. The van der Waals surface area contributed by atoms with Crippen LogP contribution in [-0.4, -0.2) is 37.5 Å². The third-order valence-electron chi connectivity index (χ3n) is 2.57. The second-order valence-corrected chi connectivity index (χ2v) is 6.79. The molecule has 0 bridgehead atoms. The van der Waals surface area contributed by atoms with Crippen LogP contribution in [0.4, 0.5) is 0 Å². The molecule has 0 N–H and O–H groups in total. The van der Waals surface area contributed by atoms with Crippen LogP contribution < -0.4 is 0 Å². The van der Waals surface area contributed by atoms with Gasteiger partial charge in [0.15, 0.2) is 0 Å². The summed E-state index contributed by atoms with van der Waals surface area (Å²) in [6.45, 7) is 11.0. The first kappa shape index (κ1) is 13.2. The lowest BCUT2D eigenvalue weighted by atomic mass is 9.97. The van der Waals surface area contributed by atoms with Crippen LogP contribution in [0.1, 0.15) is 27.7 Å². The largest absolute Gasteiger partial charge is 0.344 e. The van der Waals surface area contributed by atoms with Gasteiger partial charge in [0.1, 0.15) is 6.29 Å². The fourth-order valence-electron chi connectivity index (χ4n) is 1.38. The van der Waals surface area contributed by atoms with E-state index in [1.54, 1.807) is 0 Å². The van der Waals surface area contributed by atoms with Crippen molar-refractivity contribution in [1.29, 1.82) is 0 Å². The van der Waals surface area contributed by atoms with E-state index < -0.39 is 7.60 Å². The Balaban J connectivity index is 2.52. The molecular weight excluding hydrogens is 213 g/mol. The average Bonchev–Trinajstić information content (AvgIpc) is 2.20. The fraction of sp³-hybridized carbons (Fsp3) is 1.00. The van der Waals surface area contributed by atoms with E-state index in [0.717, 1.165) is 13.1 Å². The Bertz CT molecular complexity index is 237. The maximum atomic E-state index is 12.2. The first-order valence-electron chi connectivity index (χ1n) is 5.51. The number of hydrogen-bond acceptors (Lipinski definition) is 4. The normalized spacial score (nSPS) is 24.3. The Labute approximate surface area is 92.5 Å². The molecule has 1 fully saturated rings. The topological polar surface area (TPSA) is 38.8 Å². The Kier molecular flexibility index (Phi) is 4.36. The fourth-order valence-corrected chi connectivity index (χ4v) is 3.60. The molecule has 0 aromatic heterocycles. The van der Waals surface area contributed by atoms with Gasteiger partial charge in [0.25, 0.3) is 0 Å². The van der Waals surface area contributed by atoms with Crippen LogP contribution >= 0.6 is 7.60 Å². The summed E-state index contributed by atoms with van der Waals surface area (Å²) in [5, 5.41) is 0. The summed E-state index contributed by atoms with van der Waals surface area (Å²) in [5.74, 6) is 0. The van der Waals surface area contributed by atoms with E-state index in [-0.39, 0.29) is 5.41 Å². The lowest BCUT2D eigenvalue weighted by Crippen LogP contribution is -2.33. The van der Waals surface area contributed by atoms with E-state index in [1.807, 2.05) is 27.7 Å². The molecule has 5 heteroatoms. The van der Waals surface area contributed by atoms with Gasteiger partial charge < -0.3 is 9.05 Å². The Morgan fingerprint density at radius 3 is 2.07 bits per heavy atom. The number of nitrogens with zero attached hydrogens (tertiary/aromatic N) is 1. The van der Waals surface area contributed by atoms with E-state index >= 15 is 0 Å². The lowest BCUT2D eigenvalue weighted by molar-refractivity contribution is 0.0368. The van der Waals surface area contributed by atoms with Gasteiger partial charge in [0, 0.05) is 5.41 Å². The number of hydrogen-bond donors (Lipinski definition) is 0. The van der Waals surface area contributed by atoms with Gasteiger partial charge in [-0.1, -0.05) is 27.7 Å². The van der Waals surface area contributed by atoms with Crippen LogP contribution in [0.15, 0.2) is 0 Å². The van der Waals surface area contributed by atoms with Gasteiger partial charge in [-0.3, -0.25) is 9.46 Å². The van der Waals surface area contributed by atoms with E-state index in [1.165, 1.54) is 0 Å². The number of rotatable bonds is 4. The summed E-state index contributed by atoms with van der Waals surface area (Å²) >= 11 is 0. The van der Waals surface area contributed by atoms with E-state index in [2.05, 4.69) is 4.90 Å². The van der Waals surface area contributed by atoms with Gasteiger partial charge in [-0.05, 0) is 13.1 Å². The van der Waals surface area contributed by atoms with Crippen LogP contribution in [0.5, 0.6) is 0 Å². The van der Waals surface area contributed by atoms with Gasteiger partial charge in [0.2, 0.25) is 0 Å². The average molecular weight is 235 g/mol. The Hall–Kier alpha value is 0.110. The van der Waals surface area contributed by atoms with Crippen molar-refractivity contribution in [1.82, 2.24) is 4.90 Å². The van der Waals surface area contributed by atoms with Crippen LogP contribution in [0.2, 0.25) is 0 Å². The van der Waals surface area contributed by atoms with Crippen LogP contribution in [0, 0.1) is 5.41 Å². The minimum atomic E-state index is -2.86. The third-order valence-corrected chi connectivity index (χ3v) is 4.36.